The molecule has 3 heterocycles. The van der Waals surface area contributed by atoms with E-state index in [1.54, 1.807) is 35.2 Å². The van der Waals surface area contributed by atoms with Crippen molar-refractivity contribution in [2.24, 2.45) is 0 Å². The third-order valence-corrected chi connectivity index (χ3v) is 7.62. The minimum absolute atomic E-state index is 0.0608. The molecule has 2 aliphatic heterocycles. The number of carbonyl (C=O) groups is 3. The summed E-state index contributed by atoms with van der Waals surface area (Å²) in [5, 5.41) is 4.29. The number of ether oxygens (including phenoxy) is 4. The first-order chi connectivity index (χ1) is 20.5. The van der Waals surface area contributed by atoms with Crippen molar-refractivity contribution >= 4 is 18.0 Å². The number of hydrogen-bond acceptors (Lipinski definition) is 9. The predicted octanol–water partition coefficient (Wildman–Crippen LogP) is 3.95. The molecule has 0 bridgehead atoms. The van der Waals surface area contributed by atoms with Crippen LogP contribution in [0.15, 0.2) is 59.5 Å². The third kappa shape index (κ3) is 5.54. The molecule has 0 spiro atoms. The van der Waals surface area contributed by atoms with Gasteiger partial charge in [0.1, 0.15) is 0 Å². The first-order valence-corrected chi connectivity index (χ1v) is 13.5. The van der Waals surface area contributed by atoms with Gasteiger partial charge in [0.2, 0.25) is 23.6 Å². The summed E-state index contributed by atoms with van der Waals surface area (Å²) < 4.78 is 51.2. The molecule has 3 aromatic rings. The van der Waals surface area contributed by atoms with E-state index in [0.717, 1.165) is 19.4 Å². The van der Waals surface area contributed by atoms with Gasteiger partial charge in [-0.25, -0.2) is 18.4 Å². The van der Waals surface area contributed by atoms with Crippen molar-refractivity contribution in [3.8, 4) is 5.75 Å². The van der Waals surface area contributed by atoms with E-state index >= 15 is 4.39 Å². The van der Waals surface area contributed by atoms with Crippen molar-refractivity contribution in [3.63, 3.8) is 0 Å². The summed E-state index contributed by atoms with van der Waals surface area (Å²) >= 11 is 0. The van der Waals surface area contributed by atoms with Gasteiger partial charge in [-0.2, -0.15) is 5.10 Å². The number of benzene rings is 2. The number of amides is 1. The molecule has 2 aromatic carbocycles. The average Bonchev–Trinajstić information content (AvgIpc) is 3.48. The Labute approximate surface area is 244 Å². The zero-order chi connectivity index (χ0) is 30.9. The molecule has 0 N–H and O–H groups in total. The summed E-state index contributed by atoms with van der Waals surface area (Å²) in [5.74, 6) is -4.68. The minimum atomic E-state index is -1.66. The molecule has 5 rings (SSSR count). The van der Waals surface area contributed by atoms with Gasteiger partial charge in [-0.15, -0.1) is 0 Å². The number of rotatable bonds is 8. The Kier molecular flexibility index (Phi) is 8.16. The van der Waals surface area contributed by atoms with Crippen molar-refractivity contribution in [1.82, 2.24) is 14.7 Å². The van der Waals surface area contributed by atoms with Crippen LogP contribution in [0.25, 0.3) is 0 Å². The average molecular weight is 598 g/mol. The maximum absolute atomic E-state index is 15.4. The smallest absolute Gasteiger partial charge is 0.466 e. The number of aromatic nitrogens is 2. The van der Waals surface area contributed by atoms with Gasteiger partial charge in [-0.1, -0.05) is 42.5 Å². The highest BCUT2D eigenvalue weighted by Gasteiger charge is 2.49. The minimum Gasteiger partial charge on any atom is -0.466 e. The lowest BCUT2D eigenvalue weighted by atomic mass is 9.79. The molecule has 1 unspecified atom stereocenters. The summed E-state index contributed by atoms with van der Waals surface area (Å²) in [7, 11) is 1.13. The Bertz CT molecular complexity index is 1610. The SMILES string of the molecule is COC(=O)C(C)(C)OC(=O)OCOc1c2n(ncc1=O)[C@@H](C(c1ccccc1)c1cccc(F)c1F)[C@H]1CCCN1C2=O. The van der Waals surface area contributed by atoms with Crippen molar-refractivity contribution < 1.29 is 42.1 Å². The van der Waals surface area contributed by atoms with Gasteiger partial charge in [-0.05, 0) is 38.3 Å². The lowest BCUT2D eigenvalue weighted by Crippen LogP contribution is -2.51. The fraction of sp³-hybridized carbons (Fsp3) is 0.367. The first-order valence-electron chi connectivity index (χ1n) is 13.5. The second-order valence-corrected chi connectivity index (χ2v) is 10.6. The van der Waals surface area contributed by atoms with E-state index in [4.69, 9.17) is 14.2 Å². The normalized spacial score (nSPS) is 18.3. The van der Waals surface area contributed by atoms with Gasteiger partial charge >= 0.3 is 12.1 Å². The number of halogens is 2. The molecule has 11 nitrogen and oxygen atoms in total. The van der Waals surface area contributed by atoms with Crippen molar-refractivity contribution in [1.29, 1.82) is 0 Å². The van der Waals surface area contributed by atoms with Crippen molar-refractivity contribution in [2.45, 2.75) is 50.3 Å². The fourth-order valence-electron chi connectivity index (χ4n) is 5.72. The zero-order valence-corrected chi connectivity index (χ0v) is 23.6. The highest BCUT2D eigenvalue weighted by Crippen LogP contribution is 2.46. The second-order valence-electron chi connectivity index (χ2n) is 10.6. The molecule has 43 heavy (non-hydrogen) atoms. The van der Waals surface area contributed by atoms with Gasteiger partial charge in [0.05, 0.1) is 25.4 Å². The number of carbonyl (C=O) groups excluding carboxylic acids is 3. The van der Waals surface area contributed by atoms with Crippen molar-refractivity contribution in [3.05, 3.63) is 93.4 Å². The summed E-state index contributed by atoms with van der Waals surface area (Å²) in [5.41, 5.74) is -1.94. The zero-order valence-electron chi connectivity index (χ0n) is 23.6. The van der Waals surface area contributed by atoms with Crippen LogP contribution in [0, 0.1) is 11.6 Å². The number of esters is 1. The van der Waals surface area contributed by atoms with Gasteiger partial charge < -0.3 is 23.8 Å². The van der Waals surface area contributed by atoms with E-state index in [1.165, 1.54) is 30.7 Å². The van der Waals surface area contributed by atoms with E-state index in [0.29, 0.717) is 24.9 Å². The second kappa shape index (κ2) is 11.8. The fourth-order valence-corrected chi connectivity index (χ4v) is 5.72. The van der Waals surface area contributed by atoms with Gasteiger partial charge in [-0.3, -0.25) is 14.3 Å². The number of nitrogens with zero attached hydrogens (tertiary/aromatic N) is 3. The van der Waals surface area contributed by atoms with Gasteiger partial charge in [0.25, 0.3) is 5.91 Å². The molecule has 226 valence electrons. The van der Waals surface area contributed by atoms with Crippen LogP contribution >= 0.6 is 0 Å². The van der Waals surface area contributed by atoms with Crippen LogP contribution in [0.1, 0.15) is 60.3 Å². The Hall–Kier alpha value is -4.81. The summed E-state index contributed by atoms with van der Waals surface area (Å²) in [4.78, 5) is 52.3. The topological polar surface area (TPSA) is 126 Å². The third-order valence-electron chi connectivity index (χ3n) is 7.62. The first kappa shape index (κ1) is 29.7. The number of hydrogen-bond donors (Lipinski definition) is 0. The monoisotopic (exact) mass is 597 g/mol. The molecule has 0 saturated carbocycles. The molecule has 1 fully saturated rings. The van der Waals surface area contributed by atoms with E-state index < -0.39 is 71.2 Å². The molecule has 0 radical (unpaired) electrons. The molecule has 2 aliphatic rings. The summed E-state index contributed by atoms with van der Waals surface area (Å²) in [6.07, 6.45) is 0.866. The van der Waals surface area contributed by atoms with Crippen LogP contribution < -0.4 is 10.2 Å². The number of methoxy groups -OCH3 is 1. The van der Waals surface area contributed by atoms with Gasteiger partial charge in [0, 0.05) is 18.0 Å². The summed E-state index contributed by atoms with van der Waals surface area (Å²) in [6.45, 7) is 2.11. The molecule has 1 saturated heterocycles. The molecular formula is C30H29F2N3O8. The summed E-state index contributed by atoms with van der Waals surface area (Å²) in [6, 6.07) is 11.6. The standard InChI is InChI=1S/C30H29F2N3O8/c1-30(2,28(38)40-3)43-29(39)42-16-41-26-21(36)15-33-35-24(20-13-8-14-34(20)27(37)25(26)35)22(17-9-5-4-6-10-17)18-11-7-12-19(31)23(18)32/h4-7,9-12,15,20,22,24H,8,13-14,16H2,1-3H3/t20-,22?,24-/m1/s1. The van der Waals surface area contributed by atoms with E-state index in [-0.39, 0.29) is 11.3 Å². The van der Waals surface area contributed by atoms with Gasteiger partial charge in [0.15, 0.2) is 17.3 Å². The van der Waals surface area contributed by atoms with Crippen LogP contribution in [0.2, 0.25) is 0 Å². The molecular weight excluding hydrogens is 568 g/mol. The van der Waals surface area contributed by atoms with Crippen LogP contribution in [0.3, 0.4) is 0 Å². The Morgan fingerprint density at radius 1 is 1.09 bits per heavy atom. The van der Waals surface area contributed by atoms with E-state index in [2.05, 4.69) is 9.84 Å². The maximum atomic E-state index is 15.4. The van der Waals surface area contributed by atoms with Crippen LogP contribution in [0.4, 0.5) is 13.6 Å². The molecule has 3 atom stereocenters. The van der Waals surface area contributed by atoms with Crippen LogP contribution in [-0.4, -0.2) is 64.8 Å². The Morgan fingerprint density at radius 2 is 1.84 bits per heavy atom. The Balaban J connectivity index is 1.55. The van der Waals surface area contributed by atoms with Crippen LogP contribution in [-0.2, 0) is 19.0 Å². The molecule has 1 amide bonds. The van der Waals surface area contributed by atoms with Crippen molar-refractivity contribution in [2.75, 3.05) is 20.4 Å². The maximum Gasteiger partial charge on any atom is 0.512 e. The highest BCUT2D eigenvalue weighted by atomic mass is 19.2. The Morgan fingerprint density at radius 3 is 2.56 bits per heavy atom. The quantitative estimate of drug-likeness (QED) is 0.280. The molecule has 1 aromatic heterocycles. The van der Waals surface area contributed by atoms with Crippen LogP contribution in [0.5, 0.6) is 5.75 Å². The largest absolute Gasteiger partial charge is 0.512 e. The molecule has 13 heteroatoms. The highest BCUT2D eigenvalue weighted by molar-refractivity contribution is 5.96. The lowest BCUT2D eigenvalue weighted by Gasteiger charge is -2.42. The van der Waals surface area contributed by atoms with E-state index in [9.17, 15) is 23.6 Å². The molecule has 0 aliphatic carbocycles. The lowest BCUT2D eigenvalue weighted by molar-refractivity contribution is -0.161. The number of fused-ring (bicyclic) bond motifs is 2. The predicted molar refractivity (Wildman–Crippen MR) is 145 cm³/mol. The van der Waals surface area contributed by atoms with E-state index in [1.807, 2.05) is 0 Å².